The normalized spacial score (nSPS) is 16.5. The number of benzene rings is 2. The molecule has 0 bridgehead atoms. The zero-order valence-corrected chi connectivity index (χ0v) is 12.3. The zero-order valence-electron chi connectivity index (χ0n) is 11.5. The van der Waals surface area contributed by atoms with E-state index in [0.29, 0.717) is 5.75 Å². The summed E-state index contributed by atoms with van der Waals surface area (Å²) in [5.41, 5.74) is 0. The third-order valence-corrected chi connectivity index (χ3v) is 6.12. The summed E-state index contributed by atoms with van der Waals surface area (Å²) in [6, 6.07) is 11.2. The summed E-state index contributed by atoms with van der Waals surface area (Å²) >= 11 is 0. The molecular weight excluding hydrogens is 297 g/mol. The molecular formula is C16H16F3OS+. The molecule has 5 heteroatoms. The topological polar surface area (TPSA) is 9.23 Å². The molecule has 1 saturated heterocycles. The van der Waals surface area contributed by atoms with Gasteiger partial charge in [0.05, 0.1) is 0 Å². The Balaban J connectivity index is 1.98. The van der Waals surface area contributed by atoms with Crippen LogP contribution >= 0.6 is 0 Å². The number of rotatable bonds is 3. The van der Waals surface area contributed by atoms with Gasteiger partial charge in [0.25, 0.3) is 0 Å². The third kappa shape index (κ3) is 3.28. The predicted molar refractivity (Wildman–Crippen MR) is 80.1 cm³/mol. The minimum Gasteiger partial charge on any atom is -0.483 e. The van der Waals surface area contributed by atoms with Crippen molar-refractivity contribution in [1.82, 2.24) is 0 Å². The number of hydrogen-bond donors (Lipinski definition) is 0. The van der Waals surface area contributed by atoms with Crippen LogP contribution < -0.4 is 4.74 Å². The lowest BCUT2D eigenvalue weighted by Gasteiger charge is -2.13. The van der Waals surface area contributed by atoms with Crippen LogP contribution in [0.4, 0.5) is 13.2 Å². The monoisotopic (exact) mass is 313 g/mol. The molecule has 0 radical (unpaired) electrons. The average molecular weight is 313 g/mol. The van der Waals surface area contributed by atoms with Crippen molar-refractivity contribution < 1.29 is 17.9 Å². The highest BCUT2D eigenvalue weighted by Crippen LogP contribution is 2.35. The molecule has 3 rings (SSSR count). The summed E-state index contributed by atoms with van der Waals surface area (Å²) in [4.78, 5) is 1.27. The lowest BCUT2D eigenvalue weighted by molar-refractivity contribution is -0.153. The van der Waals surface area contributed by atoms with Gasteiger partial charge in [0.1, 0.15) is 17.3 Å². The smallest absolute Gasteiger partial charge is 0.422 e. The molecule has 0 aromatic heterocycles. The summed E-state index contributed by atoms with van der Waals surface area (Å²) in [6.45, 7) is -1.25. The maximum absolute atomic E-state index is 12.3. The quantitative estimate of drug-likeness (QED) is 0.755. The van der Waals surface area contributed by atoms with Gasteiger partial charge in [0.15, 0.2) is 11.5 Å². The van der Waals surface area contributed by atoms with Crippen LogP contribution in [0.1, 0.15) is 12.8 Å². The molecule has 0 spiro atoms. The summed E-state index contributed by atoms with van der Waals surface area (Å²) in [5, 5.41) is 1.81. The molecule has 0 atom stereocenters. The fourth-order valence-corrected chi connectivity index (χ4v) is 5.15. The van der Waals surface area contributed by atoms with Crippen molar-refractivity contribution in [2.45, 2.75) is 23.9 Å². The molecule has 1 aliphatic heterocycles. The van der Waals surface area contributed by atoms with Crippen molar-refractivity contribution >= 4 is 21.7 Å². The number of hydrogen-bond acceptors (Lipinski definition) is 1. The first kappa shape index (κ1) is 14.6. The molecule has 2 aromatic carbocycles. The van der Waals surface area contributed by atoms with Gasteiger partial charge in [0, 0.05) is 21.7 Å². The van der Waals surface area contributed by atoms with Gasteiger partial charge < -0.3 is 4.74 Å². The van der Waals surface area contributed by atoms with Crippen LogP contribution in [0.2, 0.25) is 0 Å². The summed E-state index contributed by atoms with van der Waals surface area (Å²) in [7, 11) is 0.228. The zero-order chi connectivity index (χ0) is 14.9. The van der Waals surface area contributed by atoms with E-state index in [2.05, 4.69) is 0 Å². The molecule has 0 N–H and O–H groups in total. The van der Waals surface area contributed by atoms with Gasteiger partial charge in [0.2, 0.25) is 0 Å². The molecule has 1 fully saturated rings. The second kappa shape index (κ2) is 5.79. The molecule has 112 valence electrons. The highest BCUT2D eigenvalue weighted by atomic mass is 32.2. The molecule has 0 amide bonds. The molecule has 1 aliphatic rings. The van der Waals surface area contributed by atoms with Crippen molar-refractivity contribution in [3.63, 3.8) is 0 Å². The Morgan fingerprint density at radius 1 is 0.952 bits per heavy atom. The minimum absolute atomic E-state index is 0.228. The SMILES string of the molecule is FC(F)(F)COc1ccc([S+]2CCCC2)c2ccccc12. The van der Waals surface area contributed by atoms with Crippen molar-refractivity contribution in [3.05, 3.63) is 36.4 Å². The van der Waals surface area contributed by atoms with E-state index in [1.807, 2.05) is 30.3 Å². The second-order valence-electron chi connectivity index (χ2n) is 5.12. The Bertz CT molecular complexity index is 633. The highest BCUT2D eigenvalue weighted by molar-refractivity contribution is 7.97. The van der Waals surface area contributed by atoms with Crippen LogP contribution in [0.25, 0.3) is 10.8 Å². The van der Waals surface area contributed by atoms with Gasteiger partial charge in [-0.25, -0.2) is 0 Å². The Morgan fingerprint density at radius 3 is 2.29 bits per heavy atom. The molecule has 0 unspecified atom stereocenters. The van der Waals surface area contributed by atoms with Crippen LogP contribution in [0, 0.1) is 0 Å². The minimum atomic E-state index is -4.31. The number of fused-ring (bicyclic) bond motifs is 1. The van der Waals surface area contributed by atoms with Gasteiger partial charge >= 0.3 is 6.18 Å². The first-order valence-electron chi connectivity index (χ1n) is 6.93. The van der Waals surface area contributed by atoms with E-state index in [-0.39, 0.29) is 10.9 Å². The fraction of sp³-hybridized carbons (Fsp3) is 0.375. The van der Waals surface area contributed by atoms with Gasteiger partial charge in [-0.1, -0.05) is 18.2 Å². The van der Waals surface area contributed by atoms with Gasteiger partial charge in [-0.2, -0.15) is 13.2 Å². The van der Waals surface area contributed by atoms with E-state index in [4.69, 9.17) is 4.74 Å². The average Bonchev–Trinajstić information content (AvgIpc) is 2.97. The van der Waals surface area contributed by atoms with Crippen molar-refractivity contribution in [1.29, 1.82) is 0 Å². The highest BCUT2D eigenvalue weighted by Gasteiger charge is 2.31. The maximum atomic E-state index is 12.3. The molecule has 21 heavy (non-hydrogen) atoms. The largest absolute Gasteiger partial charge is 0.483 e. The molecule has 1 heterocycles. The van der Waals surface area contributed by atoms with Crippen LogP contribution in [-0.2, 0) is 10.9 Å². The van der Waals surface area contributed by atoms with Crippen molar-refractivity contribution in [3.8, 4) is 5.75 Å². The first-order chi connectivity index (χ1) is 10.0. The van der Waals surface area contributed by atoms with Crippen LogP contribution in [0.3, 0.4) is 0 Å². The van der Waals surface area contributed by atoms with Crippen molar-refractivity contribution in [2.24, 2.45) is 0 Å². The Labute approximate surface area is 124 Å². The van der Waals surface area contributed by atoms with Crippen LogP contribution in [0.5, 0.6) is 5.75 Å². The Hall–Kier alpha value is -1.36. The fourth-order valence-electron chi connectivity index (χ4n) is 2.66. The van der Waals surface area contributed by atoms with E-state index < -0.39 is 12.8 Å². The predicted octanol–water partition coefficient (Wildman–Crippen LogP) is 4.55. The standard InChI is InChI=1S/C16H16F3OS/c17-16(18,19)11-20-14-7-8-15(21-9-3-4-10-21)13-6-2-1-5-12(13)14/h1-2,5-8H,3-4,9-11H2/q+1. The number of halogens is 3. The molecule has 0 aliphatic carbocycles. The van der Waals surface area contributed by atoms with Crippen LogP contribution in [-0.4, -0.2) is 24.3 Å². The maximum Gasteiger partial charge on any atom is 0.422 e. The van der Waals surface area contributed by atoms with Crippen molar-refractivity contribution in [2.75, 3.05) is 18.1 Å². The van der Waals surface area contributed by atoms with Gasteiger partial charge in [-0.05, 0) is 31.0 Å². The first-order valence-corrected chi connectivity index (χ1v) is 8.50. The molecule has 2 aromatic rings. The van der Waals surface area contributed by atoms with Gasteiger partial charge in [-0.15, -0.1) is 0 Å². The van der Waals surface area contributed by atoms with E-state index >= 15 is 0 Å². The summed E-state index contributed by atoms with van der Waals surface area (Å²) in [5.74, 6) is 2.69. The van der Waals surface area contributed by atoms with E-state index in [1.165, 1.54) is 29.2 Å². The summed E-state index contributed by atoms with van der Waals surface area (Å²) < 4.78 is 42.0. The second-order valence-corrected chi connectivity index (χ2v) is 7.36. The number of ether oxygens (including phenoxy) is 1. The molecule has 0 saturated carbocycles. The van der Waals surface area contributed by atoms with Gasteiger partial charge in [-0.3, -0.25) is 0 Å². The van der Waals surface area contributed by atoms with E-state index in [1.54, 1.807) is 6.07 Å². The lowest BCUT2D eigenvalue weighted by Crippen LogP contribution is -2.19. The lowest BCUT2D eigenvalue weighted by atomic mass is 10.1. The van der Waals surface area contributed by atoms with E-state index in [0.717, 1.165) is 10.8 Å². The van der Waals surface area contributed by atoms with E-state index in [9.17, 15) is 13.2 Å². The Kier molecular flexibility index (Phi) is 4.02. The summed E-state index contributed by atoms with van der Waals surface area (Å²) in [6.07, 6.45) is -1.83. The number of alkyl halides is 3. The third-order valence-electron chi connectivity index (χ3n) is 3.58. The van der Waals surface area contributed by atoms with Crippen LogP contribution in [0.15, 0.2) is 41.3 Å². The molecule has 1 nitrogen and oxygen atoms in total. The Morgan fingerprint density at radius 2 is 1.62 bits per heavy atom.